The van der Waals surface area contributed by atoms with Crippen molar-refractivity contribution in [3.05, 3.63) is 59.2 Å². The number of nitrogen functional groups attached to an aromatic ring is 1. The summed E-state index contributed by atoms with van der Waals surface area (Å²) in [5.74, 6) is 1.10. The zero-order chi connectivity index (χ0) is 14.5. The third kappa shape index (κ3) is 3.51. The van der Waals surface area contributed by atoms with Gasteiger partial charge in [0.05, 0.1) is 6.61 Å². The van der Waals surface area contributed by atoms with E-state index < -0.39 is 0 Å². The van der Waals surface area contributed by atoms with E-state index in [-0.39, 0.29) is 11.6 Å². The molecule has 4 N–H and O–H groups in total. The van der Waals surface area contributed by atoms with Crippen molar-refractivity contribution >= 4 is 5.84 Å². The zero-order valence-electron chi connectivity index (χ0n) is 11.4. The van der Waals surface area contributed by atoms with Crippen molar-refractivity contribution in [1.82, 2.24) is 0 Å². The van der Waals surface area contributed by atoms with E-state index in [1.54, 1.807) is 18.2 Å². The lowest BCUT2D eigenvalue weighted by atomic mass is 10.1. The van der Waals surface area contributed by atoms with Crippen LogP contribution in [0, 0.1) is 12.3 Å². The van der Waals surface area contributed by atoms with Crippen LogP contribution in [-0.2, 0) is 6.42 Å². The summed E-state index contributed by atoms with van der Waals surface area (Å²) in [5, 5.41) is 16.7. The predicted octanol–water partition coefficient (Wildman–Crippen LogP) is 2.61. The number of nitrogens with two attached hydrogens (primary N) is 1. The van der Waals surface area contributed by atoms with Gasteiger partial charge < -0.3 is 15.6 Å². The molecule has 0 aromatic heterocycles. The molecule has 0 heterocycles. The molecule has 0 unspecified atom stereocenters. The second kappa shape index (κ2) is 6.10. The third-order valence-electron chi connectivity index (χ3n) is 3.07. The van der Waals surface area contributed by atoms with Gasteiger partial charge in [0.1, 0.15) is 17.3 Å². The highest BCUT2D eigenvalue weighted by Crippen LogP contribution is 2.22. The highest BCUT2D eigenvalue weighted by atomic mass is 16.5. The molecule has 2 rings (SSSR count). The van der Waals surface area contributed by atoms with Crippen LogP contribution in [-0.4, -0.2) is 17.5 Å². The average molecular weight is 270 g/mol. The first-order chi connectivity index (χ1) is 9.56. The van der Waals surface area contributed by atoms with Crippen LogP contribution in [0.15, 0.2) is 42.5 Å². The number of phenols is 1. The predicted molar refractivity (Wildman–Crippen MR) is 79.5 cm³/mol. The Morgan fingerprint density at radius 3 is 2.50 bits per heavy atom. The molecular weight excluding hydrogens is 252 g/mol. The van der Waals surface area contributed by atoms with Crippen molar-refractivity contribution in [3.8, 4) is 11.5 Å². The van der Waals surface area contributed by atoms with Crippen molar-refractivity contribution in [2.45, 2.75) is 13.3 Å². The summed E-state index contributed by atoms with van der Waals surface area (Å²) in [5.41, 5.74) is 8.18. The Bertz CT molecular complexity index is 606. The van der Waals surface area contributed by atoms with E-state index in [1.807, 2.05) is 31.2 Å². The lowest BCUT2D eigenvalue weighted by Gasteiger charge is -2.09. The normalized spacial score (nSPS) is 10.2. The van der Waals surface area contributed by atoms with Crippen LogP contribution in [0.4, 0.5) is 0 Å². The van der Waals surface area contributed by atoms with Gasteiger partial charge in [-0.15, -0.1) is 0 Å². The molecule has 0 aliphatic heterocycles. The van der Waals surface area contributed by atoms with Crippen molar-refractivity contribution < 1.29 is 9.84 Å². The fraction of sp³-hybridized carbons (Fsp3) is 0.188. The van der Waals surface area contributed by atoms with Gasteiger partial charge in [-0.1, -0.05) is 24.3 Å². The third-order valence-corrected chi connectivity index (χ3v) is 3.07. The van der Waals surface area contributed by atoms with E-state index in [9.17, 15) is 5.11 Å². The van der Waals surface area contributed by atoms with Crippen LogP contribution in [0.25, 0.3) is 0 Å². The number of benzene rings is 2. The largest absolute Gasteiger partial charge is 0.508 e. The number of hydrogen-bond donors (Lipinski definition) is 3. The minimum Gasteiger partial charge on any atom is -0.508 e. The minimum absolute atomic E-state index is 0.0764. The molecule has 0 aliphatic rings. The summed E-state index contributed by atoms with van der Waals surface area (Å²) < 4.78 is 5.70. The average Bonchev–Trinajstić information content (AvgIpc) is 2.42. The molecule has 0 fully saturated rings. The van der Waals surface area contributed by atoms with Crippen LogP contribution >= 0.6 is 0 Å². The van der Waals surface area contributed by atoms with Gasteiger partial charge in [-0.25, -0.2) is 0 Å². The summed E-state index contributed by atoms with van der Waals surface area (Å²) in [4.78, 5) is 0. The van der Waals surface area contributed by atoms with Crippen LogP contribution in [0.3, 0.4) is 0 Å². The van der Waals surface area contributed by atoms with Crippen molar-refractivity contribution in [3.63, 3.8) is 0 Å². The molecular formula is C16H18N2O2. The Kier molecular flexibility index (Phi) is 4.25. The summed E-state index contributed by atoms with van der Waals surface area (Å²) in [6, 6.07) is 12.6. The molecule has 0 atom stereocenters. The molecule has 0 amide bonds. The molecule has 0 aliphatic carbocycles. The second-order valence-electron chi connectivity index (χ2n) is 4.66. The second-order valence-corrected chi connectivity index (χ2v) is 4.66. The Balaban J connectivity index is 1.91. The van der Waals surface area contributed by atoms with E-state index in [0.717, 1.165) is 28.9 Å². The summed E-state index contributed by atoms with van der Waals surface area (Å²) in [6.07, 6.45) is 0.776. The van der Waals surface area contributed by atoms with Crippen LogP contribution in [0.2, 0.25) is 0 Å². The fourth-order valence-corrected chi connectivity index (χ4v) is 1.93. The van der Waals surface area contributed by atoms with Gasteiger partial charge in [0.25, 0.3) is 0 Å². The lowest BCUT2D eigenvalue weighted by molar-refractivity contribution is 0.319. The van der Waals surface area contributed by atoms with Crippen LogP contribution in [0.1, 0.15) is 16.7 Å². The number of aromatic hydroxyl groups is 1. The Hall–Kier alpha value is -2.49. The molecule has 0 saturated carbocycles. The molecule has 20 heavy (non-hydrogen) atoms. The molecule has 0 spiro atoms. The van der Waals surface area contributed by atoms with Crippen molar-refractivity contribution in [1.29, 1.82) is 5.41 Å². The lowest BCUT2D eigenvalue weighted by Crippen LogP contribution is -2.11. The quantitative estimate of drug-likeness (QED) is 0.577. The van der Waals surface area contributed by atoms with Crippen LogP contribution < -0.4 is 10.5 Å². The maximum absolute atomic E-state index is 9.33. The highest BCUT2D eigenvalue weighted by Gasteiger charge is 2.01. The minimum atomic E-state index is 0.0764. The zero-order valence-corrected chi connectivity index (χ0v) is 11.4. The van der Waals surface area contributed by atoms with Crippen molar-refractivity contribution in [2.24, 2.45) is 5.73 Å². The van der Waals surface area contributed by atoms with E-state index in [4.69, 9.17) is 15.9 Å². The number of rotatable bonds is 5. The van der Waals surface area contributed by atoms with Gasteiger partial charge in [-0.05, 0) is 36.2 Å². The number of hydrogen-bond acceptors (Lipinski definition) is 3. The van der Waals surface area contributed by atoms with Gasteiger partial charge in [-0.3, -0.25) is 5.41 Å². The summed E-state index contributed by atoms with van der Waals surface area (Å²) in [6.45, 7) is 2.46. The van der Waals surface area contributed by atoms with Gasteiger partial charge in [0, 0.05) is 12.0 Å². The molecule has 104 valence electrons. The fourth-order valence-electron chi connectivity index (χ4n) is 1.93. The number of phenolic OH excluding ortho intramolecular Hbond substituents is 1. The molecule has 4 heteroatoms. The van der Waals surface area contributed by atoms with E-state index in [0.29, 0.717) is 6.61 Å². The monoisotopic (exact) mass is 270 g/mol. The summed E-state index contributed by atoms with van der Waals surface area (Å²) in [7, 11) is 0. The Morgan fingerprint density at radius 1 is 1.20 bits per heavy atom. The first-order valence-corrected chi connectivity index (χ1v) is 6.42. The summed E-state index contributed by atoms with van der Waals surface area (Å²) >= 11 is 0. The number of ether oxygens (including phenoxy) is 1. The van der Waals surface area contributed by atoms with Gasteiger partial charge in [-0.2, -0.15) is 0 Å². The molecule has 0 bridgehead atoms. The smallest absolute Gasteiger partial charge is 0.122 e. The van der Waals surface area contributed by atoms with E-state index >= 15 is 0 Å². The molecule has 0 radical (unpaired) electrons. The number of nitrogens with one attached hydrogen (secondary N) is 1. The highest BCUT2D eigenvalue weighted by molar-refractivity contribution is 5.94. The van der Waals surface area contributed by atoms with Gasteiger partial charge >= 0.3 is 0 Å². The van der Waals surface area contributed by atoms with E-state index in [2.05, 4.69) is 0 Å². The SMILES string of the molecule is Cc1cc(O)ccc1OCCc1ccc(C(=N)N)cc1. The van der Waals surface area contributed by atoms with Crippen molar-refractivity contribution in [2.75, 3.05) is 6.61 Å². The molecule has 2 aromatic rings. The van der Waals surface area contributed by atoms with E-state index in [1.165, 1.54) is 0 Å². The number of amidine groups is 1. The maximum Gasteiger partial charge on any atom is 0.122 e. The molecule has 4 nitrogen and oxygen atoms in total. The molecule has 2 aromatic carbocycles. The number of aryl methyl sites for hydroxylation is 1. The Labute approximate surface area is 118 Å². The first-order valence-electron chi connectivity index (χ1n) is 6.42. The maximum atomic E-state index is 9.33. The first kappa shape index (κ1) is 13.9. The van der Waals surface area contributed by atoms with Gasteiger partial charge in [0.2, 0.25) is 0 Å². The standard InChI is InChI=1S/C16H18N2O2/c1-11-10-14(19)6-7-15(11)20-9-8-12-2-4-13(5-3-12)16(17)18/h2-7,10,19H,8-9H2,1H3,(H3,17,18). The topological polar surface area (TPSA) is 79.3 Å². The van der Waals surface area contributed by atoms with Gasteiger partial charge in [0.15, 0.2) is 0 Å². The Morgan fingerprint density at radius 2 is 1.90 bits per heavy atom. The van der Waals surface area contributed by atoms with Crippen LogP contribution in [0.5, 0.6) is 11.5 Å². The molecule has 0 saturated heterocycles.